The minimum absolute atomic E-state index is 0.494. The van der Waals surface area contributed by atoms with Crippen LogP contribution in [0.2, 0.25) is 0 Å². The van der Waals surface area contributed by atoms with Crippen LogP contribution in [-0.2, 0) is 0 Å². The van der Waals surface area contributed by atoms with E-state index in [4.69, 9.17) is 11.0 Å². The molecule has 68 valence electrons. The molecule has 0 aromatic carbocycles. The molecule has 0 spiro atoms. The van der Waals surface area contributed by atoms with E-state index in [1.807, 2.05) is 28.8 Å². The lowest BCUT2D eigenvalue weighted by molar-refractivity contribution is 1.18. The van der Waals surface area contributed by atoms with Crippen LogP contribution in [-0.4, -0.2) is 4.40 Å². The zero-order valence-corrected chi connectivity index (χ0v) is 7.57. The van der Waals surface area contributed by atoms with Gasteiger partial charge in [-0.15, -0.1) is 0 Å². The van der Waals surface area contributed by atoms with E-state index in [0.717, 1.165) is 11.2 Å². The Labute approximate surface area is 81.7 Å². The number of nitrogen functional groups attached to an aromatic ring is 1. The van der Waals surface area contributed by atoms with Gasteiger partial charge in [0.25, 0.3) is 0 Å². The largest absolute Gasteiger partial charge is 0.396 e. The highest BCUT2D eigenvalue weighted by atomic mass is 14.9. The van der Waals surface area contributed by atoms with Gasteiger partial charge in [0.15, 0.2) is 0 Å². The average molecular weight is 183 g/mol. The van der Waals surface area contributed by atoms with E-state index < -0.39 is 0 Å². The summed E-state index contributed by atoms with van der Waals surface area (Å²) in [5, 5.41) is 8.95. The van der Waals surface area contributed by atoms with Crippen LogP contribution in [0.1, 0.15) is 11.3 Å². The maximum atomic E-state index is 8.95. The van der Waals surface area contributed by atoms with Crippen LogP contribution in [0.15, 0.2) is 31.0 Å². The molecule has 0 aliphatic carbocycles. The zero-order chi connectivity index (χ0) is 10.1. The SMILES string of the molecule is C=Cc1c(N)c(C#N)c2ccccn12. The molecular weight excluding hydrogens is 174 g/mol. The minimum atomic E-state index is 0.494. The molecule has 0 aliphatic heterocycles. The van der Waals surface area contributed by atoms with Gasteiger partial charge in [0.1, 0.15) is 11.6 Å². The first-order chi connectivity index (χ1) is 6.79. The van der Waals surface area contributed by atoms with E-state index in [2.05, 4.69) is 12.6 Å². The molecule has 0 saturated carbocycles. The normalized spacial score (nSPS) is 9.93. The Morgan fingerprint density at radius 2 is 2.29 bits per heavy atom. The maximum absolute atomic E-state index is 8.95. The van der Waals surface area contributed by atoms with Crippen molar-refractivity contribution in [3.05, 3.63) is 42.2 Å². The van der Waals surface area contributed by atoms with E-state index in [1.54, 1.807) is 6.08 Å². The standard InChI is InChI=1S/C11H9N3/c1-2-9-11(13)8(7-12)10-5-3-4-6-14(9)10/h2-6H,1,13H2. The van der Waals surface area contributed by atoms with Gasteiger partial charge in [0.2, 0.25) is 0 Å². The summed E-state index contributed by atoms with van der Waals surface area (Å²) < 4.78 is 1.86. The monoisotopic (exact) mass is 183 g/mol. The van der Waals surface area contributed by atoms with Gasteiger partial charge in [0, 0.05) is 6.20 Å². The van der Waals surface area contributed by atoms with E-state index in [-0.39, 0.29) is 0 Å². The third-order valence-corrected chi connectivity index (χ3v) is 2.23. The number of aromatic nitrogens is 1. The molecule has 0 fully saturated rings. The molecule has 2 aromatic heterocycles. The lowest BCUT2D eigenvalue weighted by Crippen LogP contribution is -1.89. The molecule has 0 radical (unpaired) electrons. The van der Waals surface area contributed by atoms with Gasteiger partial charge in [-0.2, -0.15) is 5.26 Å². The number of anilines is 1. The minimum Gasteiger partial charge on any atom is -0.396 e. The van der Waals surface area contributed by atoms with Crippen molar-refractivity contribution in [2.24, 2.45) is 0 Å². The van der Waals surface area contributed by atoms with Gasteiger partial charge in [-0.1, -0.05) is 12.6 Å². The van der Waals surface area contributed by atoms with E-state index in [0.29, 0.717) is 11.3 Å². The Kier molecular flexibility index (Phi) is 1.76. The van der Waals surface area contributed by atoms with Gasteiger partial charge in [-0.3, -0.25) is 0 Å². The van der Waals surface area contributed by atoms with Gasteiger partial charge in [-0.05, 0) is 18.2 Å². The van der Waals surface area contributed by atoms with Gasteiger partial charge < -0.3 is 10.1 Å². The summed E-state index contributed by atoms with van der Waals surface area (Å²) in [5.74, 6) is 0. The summed E-state index contributed by atoms with van der Waals surface area (Å²) in [5.41, 5.74) is 8.43. The number of pyridine rings is 1. The van der Waals surface area contributed by atoms with Crippen molar-refractivity contribution in [1.82, 2.24) is 4.40 Å². The van der Waals surface area contributed by atoms with Crippen LogP contribution in [0.5, 0.6) is 0 Å². The fourth-order valence-corrected chi connectivity index (χ4v) is 1.58. The molecule has 2 aromatic rings. The van der Waals surface area contributed by atoms with E-state index in [9.17, 15) is 0 Å². The number of hydrogen-bond donors (Lipinski definition) is 1. The molecule has 0 unspecified atom stereocenters. The lowest BCUT2D eigenvalue weighted by Gasteiger charge is -1.95. The molecule has 0 atom stereocenters. The van der Waals surface area contributed by atoms with Crippen molar-refractivity contribution in [2.75, 3.05) is 5.73 Å². The highest BCUT2D eigenvalue weighted by Gasteiger charge is 2.11. The zero-order valence-electron chi connectivity index (χ0n) is 7.57. The highest BCUT2D eigenvalue weighted by Crippen LogP contribution is 2.25. The predicted octanol–water partition coefficient (Wildman–Crippen LogP) is 2.04. The van der Waals surface area contributed by atoms with Crippen LogP contribution in [0.4, 0.5) is 5.69 Å². The molecule has 0 saturated heterocycles. The quantitative estimate of drug-likeness (QED) is 0.735. The number of nitriles is 1. The Morgan fingerprint density at radius 1 is 1.50 bits per heavy atom. The Balaban J connectivity index is 3.01. The first-order valence-corrected chi connectivity index (χ1v) is 4.20. The molecule has 3 nitrogen and oxygen atoms in total. The molecular formula is C11H9N3. The van der Waals surface area contributed by atoms with E-state index in [1.165, 1.54) is 0 Å². The summed E-state index contributed by atoms with van der Waals surface area (Å²) in [4.78, 5) is 0. The van der Waals surface area contributed by atoms with Crippen LogP contribution in [0, 0.1) is 11.3 Å². The van der Waals surface area contributed by atoms with Gasteiger partial charge in [0.05, 0.1) is 16.9 Å². The number of nitrogens with two attached hydrogens (primary N) is 1. The van der Waals surface area contributed by atoms with Crippen LogP contribution in [0.25, 0.3) is 11.6 Å². The second-order valence-electron chi connectivity index (χ2n) is 2.95. The number of rotatable bonds is 1. The van der Waals surface area contributed by atoms with Crippen molar-refractivity contribution < 1.29 is 0 Å². The van der Waals surface area contributed by atoms with Crippen molar-refractivity contribution in [3.8, 4) is 6.07 Å². The van der Waals surface area contributed by atoms with Gasteiger partial charge in [-0.25, -0.2) is 0 Å². The second-order valence-corrected chi connectivity index (χ2v) is 2.95. The van der Waals surface area contributed by atoms with Crippen molar-refractivity contribution >= 4 is 17.3 Å². The Bertz CT molecular complexity index is 543. The molecule has 2 N–H and O–H groups in total. The second kappa shape index (κ2) is 2.93. The van der Waals surface area contributed by atoms with Crippen molar-refractivity contribution in [3.63, 3.8) is 0 Å². The number of nitrogens with zero attached hydrogens (tertiary/aromatic N) is 2. The summed E-state index contributed by atoms with van der Waals surface area (Å²) in [6, 6.07) is 7.73. The number of hydrogen-bond acceptors (Lipinski definition) is 2. The molecule has 14 heavy (non-hydrogen) atoms. The third kappa shape index (κ3) is 0.913. The predicted molar refractivity (Wildman–Crippen MR) is 56.6 cm³/mol. The summed E-state index contributed by atoms with van der Waals surface area (Å²) in [7, 11) is 0. The number of fused-ring (bicyclic) bond motifs is 1. The molecule has 0 amide bonds. The summed E-state index contributed by atoms with van der Waals surface area (Å²) >= 11 is 0. The Hall–Kier alpha value is -2.21. The van der Waals surface area contributed by atoms with Crippen LogP contribution < -0.4 is 5.73 Å². The highest BCUT2D eigenvalue weighted by molar-refractivity contribution is 5.81. The summed E-state index contributed by atoms with van der Waals surface area (Å²) in [6.07, 6.45) is 3.52. The maximum Gasteiger partial charge on any atom is 0.104 e. The molecule has 0 bridgehead atoms. The van der Waals surface area contributed by atoms with Crippen molar-refractivity contribution in [1.29, 1.82) is 5.26 Å². The fourth-order valence-electron chi connectivity index (χ4n) is 1.58. The van der Waals surface area contributed by atoms with Crippen LogP contribution >= 0.6 is 0 Å². The first-order valence-electron chi connectivity index (χ1n) is 4.20. The topological polar surface area (TPSA) is 54.2 Å². The first kappa shape index (κ1) is 8.39. The lowest BCUT2D eigenvalue weighted by atomic mass is 10.2. The van der Waals surface area contributed by atoms with E-state index >= 15 is 0 Å². The fraction of sp³-hybridized carbons (Fsp3) is 0. The molecule has 2 heterocycles. The Morgan fingerprint density at radius 3 is 2.93 bits per heavy atom. The smallest absolute Gasteiger partial charge is 0.104 e. The average Bonchev–Trinajstić information content (AvgIpc) is 2.49. The molecule has 0 aliphatic rings. The van der Waals surface area contributed by atoms with Crippen LogP contribution in [0.3, 0.4) is 0 Å². The molecule has 2 rings (SSSR count). The third-order valence-electron chi connectivity index (χ3n) is 2.23. The summed E-state index contributed by atoms with van der Waals surface area (Å²) in [6.45, 7) is 3.68. The molecule has 3 heteroatoms. The van der Waals surface area contributed by atoms with Gasteiger partial charge >= 0.3 is 0 Å². The van der Waals surface area contributed by atoms with Crippen molar-refractivity contribution in [2.45, 2.75) is 0 Å².